The van der Waals surface area contributed by atoms with E-state index in [-0.39, 0.29) is 21.2 Å². The second-order valence-corrected chi connectivity index (χ2v) is 0.785. The number of carbonyl (C=O) groups excluding carboxylic acids is 1. The molecule has 7 heteroatoms. The van der Waals surface area contributed by atoms with Crippen LogP contribution in [0, 0.1) is 0 Å². The molecule has 0 heterocycles. The molecule has 0 radical (unpaired) electrons. The van der Waals surface area contributed by atoms with E-state index in [1.54, 1.807) is 0 Å². The molecular formula is C2F4NiO2. The molecule has 0 aliphatic rings. The maximum atomic E-state index is 10.5. The van der Waals surface area contributed by atoms with Gasteiger partial charge in [-0.15, -0.1) is 0 Å². The first-order chi connectivity index (χ1) is 2.94. The normalized spacial score (nSPS) is 8.78. The molecule has 0 atom stereocenters. The van der Waals surface area contributed by atoms with E-state index in [1.807, 2.05) is 0 Å². The van der Waals surface area contributed by atoms with Crippen molar-refractivity contribution < 1.29 is 44.3 Å². The minimum atomic E-state index is -5.19. The smallest absolute Gasteiger partial charge is 1.00 e. The zero-order valence-corrected chi connectivity index (χ0v) is 4.63. The zero-order chi connectivity index (χ0) is 6.08. The predicted molar refractivity (Wildman–Crippen MR) is 11.1 cm³/mol. The zero-order valence-electron chi connectivity index (χ0n) is 3.64. The van der Waals surface area contributed by atoms with Crippen LogP contribution >= 0.6 is 0 Å². The molecule has 0 aromatic rings. The molecule has 0 amide bonds. The first-order valence-electron chi connectivity index (χ1n) is 1.23. The average Bonchev–Trinajstić information content (AvgIpc) is 1.31. The summed E-state index contributed by atoms with van der Waals surface area (Å²) in [6.45, 7) is 0. The van der Waals surface area contributed by atoms with Crippen molar-refractivity contribution in [2.24, 2.45) is 0 Å². The standard InChI is InChI=1S/C2HF3O2.FH.Ni/c3-2(4,5)1(6)7;;/h(H,6,7);1H;/q;;+2/p-2. The molecule has 2 nitrogen and oxygen atoms in total. The molecule has 0 aliphatic carbocycles. The molecule has 58 valence electrons. The van der Waals surface area contributed by atoms with E-state index in [1.165, 1.54) is 0 Å². The average molecular weight is 191 g/mol. The Hall–Kier alpha value is -0.316. The number of carboxylic acid groups (broad SMARTS) is 1. The minimum absolute atomic E-state index is 0. The maximum absolute atomic E-state index is 10.5. The van der Waals surface area contributed by atoms with Crippen molar-refractivity contribution in [1.82, 2.24) is 0 Å². The van der Waals surface area contributed by atoms with Crippen LogP contribution in [-0.2, 0) is 21.3 Å². The molecule has 0 saturated carbocycles. The van der Waals surface area contributed by atoms with Crippen molar-refractivity contribution >= 4 is 5.97 Å². The summed E-state index contributed by atoms with van der Waals surface area (Å²) in [5, 5.41) is 8.78. The van der Waals surface area contributed by atoms with E-state index >= 15 is 0 Å². The van der Waals surface area contributed by atoms with Gasteiger partial charge in [0.1, 0.15) is 5.97 Å². The fourth-order valence-electron chi connectivity index (χ4n) is 0. The van der Waals surface area contributed by atoms with Gasteiger partial charge in [-0.25, -0.2) is 0 Å². The topological polar surface area (TPSA) is 40.1 Å². The third-order valence-corrected chi connectivity index (χ3v) is 0.231. The minimum Gasteiger partial charge on any atom is -1.00 e. The Labute approximate surface area is 57.3 Å². The Balaban J connectivity index is -0.000000180. The van der Waals surface area contributed by atoms with Gasteiger partial charge in [-0.05, 0) is 0 Å². The number of carbonyl (C=O) groups is 1. The maximum Gasteiger partial charge on any atom is 2.00 e. The Morgan fingerprint density at radius 2 is 1.44 bits per heavy atom. The molecular weight excluding hydrogens is 191 g/mol. The molecule has 0 N–H and O–H groups in total. The van der Waals surface area contributed by atoms with Gasteiger partial charge in [0.2, 0.25) is 0 Å². The molecule has 0 spiro atoms. The van der Waals surface area contributed by atoms with E-state index < -0.39 is 12.1 Å². The van der Waals surface area contributed by atoms with Crippen molar-refractivity contribution in [3.8, 4) is 0 Å². The van der Waals surface area contributed by atoms with Gasteiger partial charge in [0.05, 0.1) is 0 Å². The summed E-state index contributed by atoms with van der Waals surface area (Å²) in [6.07, 6.45) is -5.19. The summed E-state index contributed by atoms with van der Waals surface area (Å²) in [5.41, 5.74) is 0. The molecule has 0 aliphatic heterocycles. The molecule has 0 fully saturated rings. The number of aliphatic carboxylic acids is 1. The summed E-state index contributed by atoms with van der Waals surface area (Å²) < 4.78 is 31.5. The van der Waals surface area contributed by atoms with Gasteiger partial charge in [0.15, 0.2) is 0 Å². The van der Waals surface area contributed by atoms with Crippen LogP contribution in [-0.4, -0.2) is 12.1 Å². The number of alkyl halides is 3. The van der Waals surface area contributed by atoms with E-state index in [4.69, 9.17) is 9.90 Å². The number of rotatable bonds is 0. The Bertz CT molecular complexity index is 89.1. The van der Waals surface area contributed by atoms with Gasteiger partial charge in [-0.3, -0.25) is 0 Å². The number of hydrogen-bond acceptors (Lipinski definition) is 2. The predicted octanol–water partition coefficient (Wildman–Crippen LogP) is -3.70. The van der Waals surface area contributed by atoms with E-state index in [0.29, 0.717) is 0 Å². The third-order valence-electron chi connectivity index (χ3n) is 0.231. The van der Waals surface area contributed by atoms with Crippen molar-refractivity contribution in [1.29, 1.82) is 0 Å². The van der Waals surface area contributed by atoms with Gasteiger partial charge in [0, 0.05) is 0 Å². The Morgan fingerprint density at radius 1 is 1.33 bits per heavy atom. The largest absolute Gasteiger partial charge is 2.00 e. The van der Waals surface area contributed by atoms with Crippen molar-refractivity contribution in [2.75, 3.05) is 0 Å². The summed E-state index contributed by atoms with van der Waals surface area (Å²) in [7, 11) is 0. The Kier molecular flexibility index (Phi) is 8.03. The van der Waals surface area contributed by atoms with Gasteiger partial charge < -0.3 is 14.6 Å². The van der Waals surface area contributed by atoms with Crippen LogP contribution in [0.2, 0.25) is 0 Å². The SMILES string of the molecule is O=C([O-])C(F)(F)F.[F-].[Ni+2]. The number of hydrogen-bond donors (Lipinski definition) is 0. The first kappa shape index (κ1) is 15.9. The molecule has 0 saturated heterocycles. The Morgan fingerprint density at radius 3 is 1.44 bits per heavy atom. The first-order valence-corrected chi connectivity index (χ1v) is 1.23. The van der Waals surface area contributed by atoms with Gasteiger partial charge >= 0.3 is 22.7 Å². The summed E-state index contributed by atoms with van der Waals surface area (Å²) in [5.74, 6) is -3.01. The third kappa shape index (κ3) is 7.68. The second kappa shape index (κ2) is 4.55. The number of carboxylic acids is 1. The fraction of sp³-hybridized carbons (Fsp3) is 0.500. The molecule has 0 aromatic heterocycles. The van der Waals surface area contributed by atoms with Crippen LogP contribution < -0.4 is 9.81 Å². The van der Waals surface area contributed by atoms with Gasteiger partial charge in [0.25, 0.3) is 0 Å². The summed E-state index contributed by atoms with van der Waals surface area (Å²) in [4.78, 5) is 8.78. The van der Waals surface area contributed by atoms with E-state index in [9.17, 15) is 13.2 Å². The summed E-state index contributed by atoms with van der Waals surface area (Å²) >= 11 is 0. The van der Waals surface area contributed by atoms with Crippen molar-refractivity contribution in [3.63, 3.8) is 0 Å². The number of halogens is 4. The van der Waals surface area contributed by atoms with Crippen molar-refractivity contribution in [3.05, 3.63) is 0 Å². The van der Waals surface area contributed by atoms with E-state index in [2.05, 4.69) is 0 Å². The van der Waals surface area contributed by atoms with Crippen LogP contribution in [0.25, 0.3) is 0 Å². The quantitative estimate of drug-likeness (QED) is 0.292. The van der Waals surface area contributed by atoms with Crippen LogP contribution in [0.5, 0.6) is 0 Å². The van der Waals surface area contributed by atoms with Gasteiger partial charge in [-0.2, -0.15) is 13.2 Å². The molecule has 0 aromatic carbocycles. The van der Waals surface area contributed by atoms with E-state index in [0.717, 1.165) is 0 Å². The summed E-state index contributed by atoms with van der Waals surface area (Å²) in [6, 6.07) is 0. The van der Waals surface area contributed by atoms with Crippen LogP contribution in [0.15, 0.2) is 0 Å². The second-order valence-electron chi connectivity index (χ2n) is 0.785. The van der Waals surface area contributed by atoms with Crippen molar-refractivity contribution in [2.45, 2.75) is 6.18 Å². The molecule has 0 unspecified atom stereocenters. The van der Waals surface area contributed by atoms with Gasteiger partial charge in [-0.1, -0.05) is 0 Å². The van der Waals surface area contributed by atoms with Crippen LogP contribution in [0.4, 0.5) is 13.2 Å². The fourth-order valence-corrected chi connectivity index (χ4v) is 0. The molecule has 9 heavy (non-hydrogen) atoms. The molecule has 0 rings (SSSR count). The van der Waals surface area contributed by atoms with Crippen LogP contribution in [0.1, 0.15) is 0 Å². The monoisotopic (exact) mass is 190 g/mol. The van der Waals surface area contributed by atoms with Crippen LogP contribution in [0.3, 0.4) is 0 Å². The molecule has 0 bridgehead atoms.